The van der Waals surface area contributed by atoms with Crippen molar-refractivity contribution in [3.63, 3.8) is 0 Å². The van der Waals surface area contributed by atoms with E-state index in [1.54, 1.807) is 0 Å². The van der Waals surface area contributed by atoms with E-state index in [9.17, 15) is 0 Å². The van der Waals surface area contributed by atoms with Crippen molar-refractivity contribution in [1.82, 2.24) is 19.9 Å². The maximum Gasteiger partial charge on any atom is 0.213 e. The fourth-order valence-electron chi connectivity index (χ4n) is 3.52. The van der Waals surface area contributed by atoms with Crippen molar-refractivity contribution < 1.29 is 9.26 Å². The van der Waals surface area contributed by atoms with Crippen LogP contribution in [0.3, 0.4) is 0 Å². The Bertz CT molecular complexity index is 421. The molecule has 0 radical (unpaired) electrons. The zero-order valence-electron chi connectivity index (χ0n) is 13.1. The van der Waals surface area contributed by atoms with Crippen LogP contribution in [0.1, 0.15) is 38.4 Å². The van der Waals surface area contributed by atoms with E-state index >= 15 is 0 Å². The van der Waals surface area contributed by atoms with Gasteiger partial charge in [-0.25, -0.2) is 0 Å². The number of hydrogen-bond acceptors (Lipinski definition) is 6. The smallest absolute Gasteiger partial charge is 0.213 e. The minimum atomic E-state index is 0.211. The van der Waals surface area contributed by atoms with E-state index in [0.717, 1.165) is 64.6 Å². The van der Waals surface area contributed by atoms with Crippen LogP contribution in [-0.4, -0.2) is 71.4 Å². The van der Waals surface area contributed by atoms with Gasteiger partial charge in [0.05, 0.1) is 13.2 Å². The first-order valence-corrected chi connectivity index (χ1v) is 7.96. The fourth-order valence-corrected chi connectivity index (χ4v) is 3.52. The average Bonchev–Trinajstić information content (AvgIpc) is 3.03. The molecule has 0 saturated carbocycles. The Morgan fingerprint density at radius 1 is 1.19 bits per heavy atom. The van der Waals surface area contributed by atoms with E-state index in [0.29, 0.717) is 5.92 Å². The van der Waals surface area contributed by atoms with Gasteiger partial charge < -0.3 is 14.2 Å². The molecule has 0 aliphatic carbocycles. The summed E-state index contributed by atoms with van der Waals surface area (Å²) < 4.78 is 10.3. The Balaban J connectivity index is 1.50. The second-order valence-electron chi connectivity index (χ2n) is 6.75. The van der Waals surface area contributed by atoms with Crippen LogP contribution in [0.15, 0.2) is 10.9 Å². The molecule has 0 unspecified atom stereocenters. The van der Waals surface area contributed by atoms with Crippen LogP contribution >= 0.6 is 0 Å². The van der Waals surface area contributed by atoms with E-state index in [4.69, 9.17) is 9.26 Å². The lowest BCUT2D eigenvalue weighted by Crippen LogP contribution is -2.56. The van der Waals surface area contributed by atoms with Crippen molar-refractivity contribution in [1.29, 1.82) is 0 Å². The summed E-state index contributed by atoms with van der Waals surface area (Å²) in [4.78, 5) is 9.33. The highest BCUT2D eigenvalue weighted by molar-refractivity contribution is 4.96. The van der Waals surface area contributed by atoms with Gasteiger partial charge in [-0.05, 0) is 39.8 Å². The van der Waals surface area contributed by atoms with Gasteiger partial charge in [-0.1, -0.05) is 5.16 Å². The summed E-state index contributed by atoms with van der Waals surface area (Å²) in [7, 11) is 0. The molecule has 2 fully saturated rings. The molecule has 1 aromatic rings. The number of ether oxygens (including phenoxy) is 1. The maximum absolute atomic E-state index is 5.46. The maximum atomic E-state index is 5.46. The average molecular weight is 294 g/mol. The second-order valence-corrected chi connectivity index (χ2v) is 6.75. The monoisotopic (exact) mass is 294 g/mol. The van der Waals surface area contributed by atoms with Crippen molar-refractivity contribution >= 4 is 0 Å². The Kier molecular flexibility index (Phi) is 4.57. The number of likely N-dealkylation sites (tertiary alicyclic amines) is 1. The summed E-state index contributed by atoms with van der Waals surface area (Å²) >= 11 is 0. The highest BCUT2D eigenvalue weighted by Crippen LogP contribution is 2.27. The summed E-state index contributed by atoms with van der Waals surface area (Å²) in [5.74, 6) is 1.34. The van der Waals surface area contributed by atoms with E-state index in [2.05, 4.69) is 33.8 Å². The topological polar surface area (TPSA) is 54.6 Å². The Hall–Kier alpha value is -0.980. The molecule has 1 aromatic heterocycles. The van der Waals surface area contributed by atoms with Crippen LogP contribution < -0.4 is 0 Å². The van der Waals surface area contributed by atoms with E-state index in [1.165, 1.54) is 6.39 Å². The predicted octanol–water partition coefficient (Wildman–Crippen LogP) is 1.36. The number of aromatic nitrogens is 2. The Labute approximate surface area is 126 Å². The van der Waals surface area contributed by atoms with E-state index in [-0.39, 0.29) is 5.54 Å². The fraction of sp³-hybridized carbons (Fsp3) is 0.867. The zero-order chi connectivity index (χ0) is 14.7. The standard InChI is InChI=1S/C15H26N4O2/c1-15(2,19-7-9-20-10-8-19)11-18-5-3-13(4-6-18)14-16-12-21-17-14/h12-13H,3-11H2,1-2H3. The van der Waals surface area contributed by atoms with Gasteiger partial charge in [0.15, 0.2) is 5.82 Å². The van der Waals surface area contributed by atoms with Crippen LogP contribution in [-0.2, 0) is 4.74 Å². The molecule has 0 aromatic carbocycles. The molecular weight excluding hydrogens is 268 g/mol. The van der Waals surface area contributed by atoms with Crippen molar-refractivity contribution in [2.24, 2.45) is 0 Å². The second kappa shape index (κ2) is 6.42. The molecule has 3 rings (SSSR count). The van der Waals surface area contributed by atoms with Gasteiger partial charge in [0.25, 0.3) is 0 Å². The summed E-state index contributed by atoms with van der Waals surface area (Å²) in [5, 5.41) is 3.99. The molecule has 118 valence electrons. The van der Waals surface area contributed by atoms with E-state index < -0.39 is 0 Å². The minimum absolute atomic E-state index is 0.211. The minimum Gasteiger partial charge on any atom is -0.379 e. The third-order valence-corrected chi connectivity index (χ3v) is 4.81. The molecule has 0 N–H and O–H groups in total. The molecule has 0 amide bonds. The SMILES string of the molecule is CC(C)(CN1CCC(c2ncon2)CC1)N1CCOCC1. The highest BCUT2D eigenvalue weighted by Gasteiger charge is 2.32. The van der Waals surface area contributed by atoms with Crippen LogP contribution in [0.25, 0.3) is 0 Å². The molecular formula is C15H26N4O2. The molecule has 0 atom stereocenters. The predicted molar refractivity (Wildman–Crippen MR) is 79.2 cm³/mol. The quantitative estimate of drug-likeness (QED) is 0.836. The molecule has 0 bridgehead atoms. The van der Waals surface area contributed by atoms with Crippen LogP contribution in [0, 0.1) is 0 Å². The normalized spacial score (nSPS) is 23.5. The third-order valence-electron chi connectivity index (χ3n) is 4.81. The largest absolute Gasteiger partial charge is 0.379 e. The number of morpholine rings is 1. The molecule has 21 heavy (non-hydrogen) atoms. The Morgan fingerprint density at radius 3 is 2.52 bits per heavy atom. The van der Waals surface area contributed by atoms with Crippen molar-refractivity contribution in [3.8, 4) is 0 Å². The summed E-state index contributed by atoms with van der Waals surface area (Å²) in [5.41, 5.74) is 0.211. The van der Waals surface area contributed by atoms with Crippen molar-refractivity contribution in [2.45, 2.75) is 38.1 Å². The van der Waals surface area contributed by atoms with Gasteiger partial charge in [-0.2, -0.15) is 4.98 Å². The molecule has 6 heteroatoms. The molecule has 2 aliphatic heterocycles. The summed E-state index contributed by atoms with van der Waals surface area (Å²) in [6.45, 7) is 11.9. The number of rotatable bonds is 4. The molecule has 2 saturated heterocycles. The van der Waals surface area contributed by atoms with Crippen LogP contribution in [0.5, 0.6) is 0 Å². The highest BCUT2D eigenvalue weighted by atomic mass is 16.5. The lowest BCUT2D eigenvalue weighted by atomic mass is 9.94. The lowest BCUT2D eigenvalue weighted by molar-refractivity contribution is -0.0239. The summed E-state index contributed by atoms with van der Waals surface area (Å²) in [6.07, 6.45) is 3.68. The first-order chi connectivity index (χ1) is 10.1. The first kappa shape index (κ1) is 14.9. The van der Waals surface area contributed by atoms with Crippen molar-refractivity contribution in [2.75, 3.05) is 45.9 Å². The Morgan fingerprint density at radius 2 is 1.90 bits per heavy atom. The first-order valence-electron chi connectivity index (χ1n) is 7.96. The van der Waals surface area contributed by atoms with Gasteiger partial charge in [0.2, 0.25) is 6.39 Å². The molecule has 2 aliphatic rings. The molecule has 0 spiro atoms. The molecule has 3 heterocycles. The van der Waals surface area contributed by atoms with Crippen LogP contribution in [0.2, 0.25) is 0 Å². The third kappa shape index (κ3) is 3.62. The number of piperidine rings is 1. The number of nitrogens with zero attached hydrogens (tertiary/aromatic N) is 4. The van der Waals surface area contributed by atoms with Gasteiger partial charge in [-0.3, -0.25) is 4.90 Å². The van der Waals surface area contributed by atoms with E-state index in [1.807, 2.05) is 0 Å². The zero-order valence-corrected chi connectivity index (χ0v) is 13.1. The summed E-state index contributed by atoms with van der Waals surface area (Å²) in [6, 6.07) is 0. The lowest BCUT2D eigenvalue weighted by Gasteiger charge is -2.44. The van der Waals surface area contributed by atoms with Gasteiger partial charge in [-0.15, -0.1) is 0 Å². The molecule has 6 nitrogen and oxygen atoms in total. The van der Waals surface area contributed by atoms with Gasteiger partial charge in [0.1, 0.15) is 0 Å². The van der Waals surface area contributed by atoms with Crippen molar-refractivity contribution in [3.05, 3.63) is 12.2 Å². The van der Waals surface area contributed by atoms with Crippen LogP contribution in [0.4, 0.5) is 0 Å². The van der Waals surface area contributed by atoms with Gasteiger partial charge in [0, 0.05) is 31.1 Å². The van der Waals surface area contributed by atoms with Gasteiger partial charge >= 0.3 is 0 Å². The number of hydrogen-bond donors (Lipinski definition) is 0.